The Morgan fingerprint density at radius 2 is 1.38 bits per heavy atom. The fourth-order valence-corrected chi connectivity index (χ4v) is 4.31. The highest BCUT2D eigenvalue weighted by atomic mass is 35.5. The number of hydrogen-bond acceptors (Lipinski definition) is 9. The first kappa shape index (κ1) is 37.6. The number of nitrogens with one attached hydrogen (secondary N) is 2. The average Bonchev–Trinajstić information content (AvgIpc) is 2.98. The van der Waals surface area contributed by atoms with Crippen LogP contribution in [0.1, 0.15) is 82.3 Å². The molecule has 0 saturated carbocycles. The zero-order chi connectivity index (χ0) is 35.3. The molecule has 0 aliphatic rings. The number of hydrogen-bond donors (Lipinski definition) is 2. The predicted molar refractivity (Wildman–Crippen MR) is 182 cm³/mol. The predicted octanol–water partition coefficient (Wildman–Crippen LogP) is 8.05. The van der Waals surface area contributed by atoms with Gasteiger partial charge in [0.25, 0.3) is 0 Å². The summed E-state index contributed by atoms with van der Waals surface area (Å²) in [4.78, 5) is 53.8. The molecule has 2 N–H and O–H groups in total. The molecule has 12 heteroatoms. The van der Waals surface area contributed by atoms with Crippen molar-refractivity contribution in [2.45, 2.75) is 85.0 Å². The number of halogens is 1. The summed E-state index contributed by atoms with van der Waals surface area (Å²) in [5, 5.41) is 5.25. The number of carbonyl (C=O) groups is 4. The second-order valence-electron chi connectivity index (χ2n) is 12.8. The first-order chi connectivity index (χ1) is 22.6. The van der Waals surface area contributed by atoms with Gasteiger partial charge in [-0.1, -0.05) is 48.0 Å². The molecule has 3 rings (SSSR count). The van der Waals surface area contributed by atoms with Crippen molar-refractivity contribution < 1.29 is 38.1 Å². The van der Waals surface area contributed by atoms with E-state index in [-0.39, 0.29) is 29.8 Å². The summed E-state index contributed by atoms with van der Waals surface area (Å²) in [7, 11) is 0. The van der Waals surface area contributed by atoms with Gasteiger partial charge < -0.3 is 18.9 Å². The van der Waals surface area contributed by atoms with E-state index in [1.54, 1.807) is 59.7 Å². The van der Waals surface area contributed by atoms with E-state index in [2.05, 4.69) is 15.6 Å². The first-order valence-corrected chi connectivity index (χ1v) is 15.8. The Labute approximate surface area is 286 Å². The van der Waals surface area contributed by atoms with Gasteiger partial charge in [-0.3, -0.25) is 15.4 Å². The van der Waals surface area contributed by atoms with Gasteiger partial charge in [0.2, 0.25) is 5.96 Å². The molecule has 48 heavy (non-hydrogen) atoms. The number of aryl methyl sites for hydroxylation is 1. The minimum atomic E-state index is -0.832. The molecule has 0 bridgehead atoms. The van der Waals surface area contributed by atoms with Gasteiger partial charge in [-0.15, -0.1) is 0 Å². The van der Waals surface area contributed by atoms with Crippen molar-refractivity contribution in [1.82, 2.24) is 10.6 Å². The number of nitrogens with zero attached hydrogens (tertiary/aromatic N) is 1. The Hall–Kier alpha value is -4.90. The number of guanidine groups is 1. The molecule has 0 aliphatic heterocycles. The number of amides is 2. The van der Waals surface area contributed by atoms with Crippen LogP contribution in [0, 0.1) is 0 Å². The zero-order valence-electron chi connectivity index (χ0n) is 28.1. The summed E-state index contributed by atoms with van der Waals surface area (Å²) >= 11 is 6.45. The summed E-state index contributed by atoms with van der Waals surface area (Å²) in [5.41, 5.74) is 0.784. The van der Waals surface area contributed by atoms with E-state index in [0.29, 0.717) is 30.0 Å². The summed E-state index contributed by atoms with van der Waals surface area (Å²) in [6.07, 6.45) is 0.677. The number of carbonyl (C=O) groups excluding carboxylic acids is 4. The van der Waals surface area contributed by atoms with Crippen molar-refractivity contribution in [1.29, 1.82) is 0 Å². The molecule has 0 heterocycles. The number of unbranched alkanes of at least 4 members (excludes halogenated alkanes) is 1. The number of benzene rings is 3. The van der Waals surface area contributed by atoms with Crippen LogP contribution in [-0.4, -0.2) is 41.3 Å². The standard InChI is InChI=1S/C36H42ClN3O8/c1-35(2,3)47-33(43)39-32(40-34(44)48-36(4,5)6)38-27-19-16-26(17-20-27)31(42)46-28-21-18-25(29(37)22-28)14-10-11-15-30(41)45-23-24-12-8-7-9-13-24/h7-9,12-13,16-22H,10-11,14-15,23H2,1-6H3,(H2,38,39,40,43,44). The second-order valence-corrected chi connectivity index (χ2v) is 13.2. The van der Waals surface area contributed by atoms with Crippen LogP contribution in [0.25, 0.3) is 0 Å². The maximum absolute atomic E-state index is 12.8. The van der Waals surface area contributed by atoms with Gasteiger partial charge in [0.15, 0.2) is 0 Å². The zero-order valence-corrected chi connectivity index (χ0v) is 28.8. The molecule has 0 aliphatic carbocycles. The summed E-state index contributed by atoms with van der Waals surface area (Å²) in [6, 6.07) is 20.5. The third-order valence-electron chi connectivity index (χ3n) is 6.14. The van der Waals surface area contributed by atoms with Crippen LogP contribution in [-0.2, 0) is 32.0 Å². The quantitative estimate of drug-likeness (QED) is 0.0547. The fourth-order valence-electron chi connectivity index (χ4n) is 4.04. The third-order valence-corrected chi connectivity index (χ3v) is 6.49. The highest BCUT2D eigenvalue weighted by molar-refractivity contribution is 6.31. The van der Waals surface area contributed by atoms with Crippen molar-refractivity contribution in [2.75, 3.05) is 0 Å². The summed E-state index contributed by atoms with van der Waals surface area (Å²) in [5.74, 6) is -0.831. The number of aliphatic imine (C=N–C) groups is 1. The molecule has 0 fully saturated rings. The van der Waals surface area contributed by atoms with Crippen molar-refractivity contribution in [3.8, 4) is 5.75 Å². The minimum absolute atomic E-state index is 0.230. The Bertz CT molecular complexity index is 1560. The molecule has 0 spiro atoms. The second kappa shape index (κ2) is 17.3. The molecular weight excluding hydrogens is 638 g/mol. The van der Waals surface area contributed by atoms with Crippen LogP contribution in [0.3, 0.4) is 0 Å². The van der Waals surface area contributed by atoms with E-state index in [1.165, 1.54) is 24.3 Å². The number of ether oxygens (including phenoxy) is 4. The Morgan fingerprint density at radius 1 is 0.771 bits per heavy atom. The van der Waals surface area contributed by atoms with Gasteiger partial charge in [0.1, 0.15) is 23.6 Å². The molecule has 256 valence electrons. The van der Waals surface area contributed by atoms with E-state index < -0.39 is 29.4 Å². The normalized spacial score (nSPS) is 11.1. The van der Waals surface area contributed by atoms with Crippen LogP contribution in [0.5, 0.6) is 5.75 Å². The van der Waals surface area contributed by atoms with Crippen LogP contribution < -0.4 is 15.4 Å². The topological polar surface area (TPSA) is 142 Å². The smallest absolute Gasteiger partial charge is 0.414 e. The Balaban J connectivity index is 1.55. The number of esters is 2. The molecule has 0 atom stereocenters. The van der Waals surface area contributed by atoms with Gasteiger partial charge in [0.05, 0.1) is 11.3 Å². The van der Waals surface area contributed by atoms with E-state index in [0.717, 1.165) is 17.5 Å². The molecule has 3 aromatic carbocycles. The SMILES string of the molecule is CC(C)(C)OC(=O)NC(=Nc1ccc(C(=O)Oc2ccc(CCCCC(=O)OCc3ccccc3)c(Cl)c2)cc1)NC(=O)OC(C)(C)C. The van der Waals surface area contributed by atoms with Crippen LogP contribution >= 0.6 is 11.6 Å². The van der Waals surface area contributed by atoms with Gasteiger partial charge in [-0.2, -0.15) is 0 Å². The highest BCUT2D eigenvalue weighted by Crippen LogP contribution is 2.25. The summed E-state index contributed by atoms with van der Waals surface area (Å²) < 4.78 is 21.3. The molecule has 11 nitrogen and oxygen atoms in total. The number of alkyl carbamates (subject to hydrolysis) is 2. The molecule has 0 radical (unpaired) electrons. The minimum Gasteiger partial charge on any atom is -0.461 e. The van der Waals surface area contributed by atoms with Crippen molar-refractivity contribution in [3.63, 3.8) is 0 Å². The third kappa shape index (κ3) is 14.3. The van der Waals surface area contributed by atoms with E-state index in [1.807, 2.05) is 30.3 Å². The van der Waals surface area contributed by atoms with Crippen LogP contribution in [0.4, 0.5) is 15.3 Å². The van der Waals surface area contributed by atoms with Crippen molar-refractivity contribution in [3.05, 3.63) is 94.5 Å². The van der Waals surface area contributed by atoms with E-state index >= 15 is 0 Å². The number of rotatable bonds is 10. The van der Waals surface area contributed by atoms with Crippen LogP contribution in [0.2, 0.25) is 5.02 Å². The lowest BCUT2D eigenvalue weighted by molar-refractivity contribution is -0.145. The molecule has 3 aromatic rings. The monoisotopic (exact) mass is 679 g/mol. The molecule has 0 aromatic heterocycles. The Kier molecular flexibility index (Phi) is 13.5. The fraction of sp³-hybridized carbons (Fsp3) is 0.361. The first-order valence-electron chi connectivity index (χ1n) is 15.5. The van der Waals surface area contributed by atoms with Gasteiger partial charge in [-0.25, -0.2) is 19.4 Å². The maximum Gasteiger partial charge on any atom is 0.414 e. The lowest BCUT2D eigenvalue weighted by atomic mass is 10.1. The van der Waals surface area contributed by atoms with E-state index in [9.17, 15) is 19.2 Å². The highest BCUT2D eigenvalue weighted by Gasteiger charge is 2.21. The molecule has 0 unspecified atom stereocenters. The average molecular weight is 680 g/mol. The molecule has 0 saturated heterocycles. The Morgan fingerprint density at radius 3 is 1.94 bits per heavy atom. The van der Waals surface area contributed by atoms with Crippen molar-refractivity contribution >= 4 is 47.4 Å². The summed E-state index contributed by atoms with van der Waals surface area (Å²) in [6.45, 7) is 10.4. The largest absolute Gasteiger partial charge is 0.461 e. The lowest BCUT2D eigenvalue weighted by Gasteiger charge is -2.22. The lowest BCUT2D eigenvalue weighted by Crippen LogP contribution is -2.47. The van der Waals surface area contributed by atoms with E-state index in [4.69, 9.17) is 30.5 Å². The molecule has 2 amide bonds. The van der Waals surface area contributed by atoms with Crippen molar-refractivity contribution in [2.24, 2.45) is 4.99 Å². The van der Waals surface area contributed by atoms with Gasteiger partial charge in [-0.05, 0) is 108 Å². The van der Waals surface area contributed by atoms with Gasteiger partial charge in [0, 0.05) is 11.4 Å². The van der Waals surface area contributed by atoms with Crippen LogP contribution in [0.15, 0.2) is 77.8 Å². The maximum atomic E-state index is 12.8. The van der Waals surface area contributed by atoms with Gasteiger partial charge >= 0.3 is 24.1 Å². The molecular formula is C36H42ClN3O8.